The Balaban J connectivity index is 2.52. The first-order valence-electron chi connectivity index (χ1n) is 6.17. The quantitative estimate of drug-likeness (QED) is 0.750. The van der Waals surface area contributed by atoms with Crippen LogP contribution < -0.4 is 5.32 Å². The molecule has 1 heterocycles. The van der Waals surface area contributed by atoms with Crippen molar-refractivity contribution in [3.8, 4) is 0 Å². The van der Waals surface area contributed by atoms with Gasteiger partial charge in [-0.25, -0.2) is 0 Å². The Labute approximate surface area is 94.2 Å². The van der Waals surface area contributed by atoms with Crippen LogP contribution in [-0.4, -0.2) is 49.8 Å². The molecule has 3 unspecified atom stereocenters. The first-order chi connectivity index (χ1) is 7.19. The predicted molar refractivity (Wildman–Crippen MR) is 64.2 cm³/mol. The first kappa shape index (κ1) is 12.9. The molecule has 1 fully saturated rings. The Morgan fingerprint density at radius 1 is 1.53 bits per heavy atom. The number of nitrogens with one attached hydrogen (secondary N) is 1. The van der Waals surface area contributed by atoms with Crippen LogP contribution in [0.1, 0.15) is 33.6 Å². The Morgan fingerprint density at radius 3 is 2.87 bits per heavy atom. The van der Waals surface area contributed by atoms with Crippen molar-refractivity contribution in [1.82, 2.24) is 10.2 Å². The maximum atomic E-state index is 5.26. The van der Waals surface area contributed by atoms with Crippen molar-refractivity contribution >= 4 is 0 Å². The number of hydrogen-bond donors (Lipinski definition) is 1. The fourth-order valence-corrected chi connectivity index (χ4v) is 2.46. The molecule has 0 aliphatic carbocycles. The van der Waals surface area contributed by atoms with Gasteiger partial charge in [-0.05, 0) is 20.3 Å². The summed E-state index contributed by atoms with van der Waals surface area (Å²) in [6.45, 7) is 9.90. The summed E-state index contributed by atoms with van der Waals surface area (Å²) in [7, 11) is 1.79. The van der Waals surface area contributed by atoms with Gasteiger partial charge in [0.15, 0.2) is 0 Å². The number of nitrogens with zero attached hydrogens (tertiary/aromatic N) is 1. The summed E-state index contributed by atoms with van der Waals surface area (Å²) in [5.74, 6) is 0. The molecule has 0 aromatic carbocycles. The van der Waals surface area contributed by atoms with Crippen LogP contribution in [0.15, 0.2) is 0 Å². The van der Waals surface area contributed by atoms with Gasteiger partial charge in [0, 0.05) is 38.3 Å². The van der Waals surface area contributed by atoms with Crippen LogP contribution in [0.2, 0.25) is 0 Å². The highest BCUT2D eigenvalue weighted by molar-refractivity contribution is 4.86. The van der Waals surface area contributed by atoms with Crippen LogP contribution >= 0.6 is 0 Å². The average molecular weight is 214 g/mol. The molecule has 1 aliphatic heterocycles. The van der Waals surface area contributed by atoms with Gasteiger partial charge in [0.05, 0.1) is 6.61 Å². The van der Waals surface area contributed by atoms with Crippen LogP contribution in [-0.2, 0) is 4.74 Å². The predicted octanol–water partition coefficient (Wildman–Crippen LogP) is 1.48. The smallest absolute Gasteiger partial charge is 0.0615 e. The molecule has 0 saturated carbocycles. The Morgan fingerprint density at radius 2 is 2.27 bits per heavy atom. The van der Waals surface area contributed by atoms with E-state index in [0.29, 0.717) is 18.1 Å². The van der Waals surface area contributed by atoms with Gasteiger partial charge in [-0.2, -0.15) is 0 Å². The molecule has 90 valence electrons. The lowest BCUT2D eigenvalue weighted by atomic mass is 10.0. The molecule has 0 aromatic heterocycles. The van der Waals surface area contributed by atoms with Gasteiger partial charge in [0.2, 0.25) is 0 Å². The molecule has 0 amide bonds. The van der Waals surface area contributed by atoms with Crippen molar-refractivity contribution in [2.75, 3.05) is 26.8 Å². The highest BCUT2D eigenvalue weighted by atomic mass is 16.5. The molecule has 15 heavy (non-hydrogen) atoms. The largest absolute Gasteiger partial charge is 0.383 e. The van der Waals surface area contributed by atoms with Crippen LogP contribution in [0.25, 0.3) is 0 Å². The van der Waals surface area contributed by atoms with Gasteiger partial charge < -0.3 is 10.1 Å². The fraction of sp³-hybridized carbons (Fsp3) is 1.00. The van der Waals surface area contributed by atoms with Gasteiger partial charge in [0.25, 0.3) is 0 Å². The summed E-state index contributed by atoms with van der Waals surface area (Å²) < 4.78 is 5.26. The maximum absolute atomic E-state index is 5.26. The number of piperazine rings is 1. The minimum absolute atomic E-state index is 0.538. The van der Waals surface area contributed by atoms with E-state index in [1.165, 1.54) is 12.8 Å². The summed E-state index contributed by atoms with van der Waals surface area (Å²) >= 11 is 0. The van der Waals surface area contributed by atoms with Gasteiger partial charge in [-0.1, -0.05) is 13.3 Å². The van der Waals surface area contributed by atoms with E-state index in [0.717, 1.165) is 19.7 Å². The van der Waals surface area contributed by atoms with E-state index < -0.39 is 0 Å². The molecule has 0 bridgehead atoms. The van der Waals surface area contributed by atoms with Crippen molar-refractivity contribution < 1.29 is 4.74 Å². The minimum atomic E-state index is 0.538. The average Bonchev–Trinajstić information content (AvgIpc) is 2.21. The monoisotopic (exact) mass is 214 g/mol. The lowest BCUT2D eigenvalue weighted by Gasteiger charge is -2.42. The molecule has 1 rings (SSSR count). The molecule has 0 spiro atoms. The molecule has 0 aromatic rings. The minimum Gasteiger partial charge on any atom is -0.383 e. The Kier molecular flexibility index (Phi) is 5.58. The zero-order chi connectivity index (χ0) is 11.3. The second-order valence-corrected chi connectivity index (χ2v) is 4.75. The van der Waals surface area contributed by atoms with Crippen molar-refractivity contribution in [2.45, 2.75) is 51.7 Å². The molecule has 1 saturated heterocycles. The van der Waals surface area contributed by atoms with E-state index in [4.69, 9.17) is 4.74 Å². The number of hydrogen-bond acceptors (Lipinski definition) is 3. The van der Waals surface area contributed by atoms with E-state index in [1.807, 2.05) is 0 Å². The lowest BCUT2D eigenvalue weighted by molar-refractivity contribution is 0.0404. The van der Waals surface area contributed by atoms with Crippen LogP contribution in [0.5, 0.6) is 0 Å². The van der Waals surface area contributed by atoms with Crippen LogP contribution in [0, 0.1) is 0 Å². The topological polar surface area (TPSA) is 24.5 Å². The molecule has 3 atom stereocenters. The molecule has 0 radical (unpaired) electrons. The third kappa shape index (κ3) is 3.74. The molecular weight excluding hydrogens is 188 g/mol. The normalized spacial score (nSPS) is 30.4. The van der Waals surface area contributed by atoms with Crippen molar-refractivity contribution in [3.05, 3.63) is 0 Å². The van der Waals surface area contributed by atoms with Gasteiger partial charge in [-0.3, -0.25) is 4.90 Å². The summed E-state index contributed by atoms with van der Waals surface area (Å²) in [5.41, 5.74) is 0. The Bertz CT molecular complexity index is 175. The van der Waals surface area contributed by atoms with E-state index in [1.54, 1.807) is 7.11 Å². The van der Waals surface area contributed by atoms with Crippen molar-refractivity contribution in [1.29, 1.82) is 0 Å². The van der Waals surface area contributed by atoms with Crippen LogP contribution in [0.3, 0.4) is 0 Å². The second-order valence-electron chi connectivity index (χ2n) is 4.75. The number of rotatable bonds is 5. The molecule has 1 aliphatic rings. The van der Waals surface area contributed by atoms with Gasteiger partial charge >= 0.3 is 0 Å². The zero-order valence-corrected chi connectivity index (χ0v) is 10.6. The van der Waals surface area contributed by atoms with E-state index in [9.17, 15) is 0 Å². The highest BCUT2D eigenvalue weighted by Crippen LogP contribution is 2.15. The first-order valence-corrected chi connectivity index (χ1v) is 6.17. The van der Waals surface area contributed by atoms with Crippen LogP contribution in [0.4, 0.5) is 0 Å². The van der Waals surface area contributed by atoms with Crippen molar-refractivity contribution in [3.63, 3.8) is 0 Å². The van der Waals surface area contributed by atoms with E-state index >= 15 is 0 Å². The number of methoxy groups -OCH3 is 1. The SMILES string of the molecule is CCCC1CNC(C)CN1C(C)COC. The maximum Gasteiger partial charge on any atom is 0.0615 e. The molecule has 3 nitrogen and oxygen atoms in total. The third-order valence-electron chi connectivity index (χ3n) is 3.25. The fourth-order valence-electron chi connectivity index (χ4n) is 2.46. The Hall–Kier alpha value is -0.120. The van der Waals surface area contributed by atoms with E-state index in [-0.39, 0.29) is 0 Å². The molecule has 3 heteroatoms. The summed E-state index contributed by atoms with van der Waals surface area (Å²) in [4.78, 5) is 2.61. The van der Waals surface area contributed by atoms with Gasteiger partial charge in [-0.15, -0.1) is 0 Å². The third-order valence-corrected chi connectivity index (χ3v) is 3.25. The molecule has 1 N–H and O–H groups in total. The standard InChI is InChI=1S/C12H26N2O/c1-5-6-12-7-13-10(2)8-14(12)11(3)9-15-4/h10-13H,5-9H2,1-4H3. The van der Waals surface area contributed by atoms with Crippen molar-refractivity contribution in [2.24, 2.45) is 0 Å². The summed E-state index contributed by atoms with van der Waals surface area (Å²) in [6, 6.07) is 1.84. The second kappa shape index (κ2) is 6.46. The van der Waals surface area contributed by atoms with E-state index in [2.05, 4.69) is 31.0 Å². The zero-order valence-electron chi connectivity index (χ0n) is 10.6. The summed E-state index contributed by atoms with van der Waals surface area (Å²) in [5, 5.41) is 3.56. The van der Waals surface area contributed by atoms with Gasteiger partial charge in [0.1, 0.15) is 0 Å². The highest BCUT2D eigenvalue weighted by Gasteiger charge is 2.28. The number of ether oxygens (including phenoxy) is 1. The lowest BCUT2D eigenvalue weighted by Crippen LogP contribution is -2.58. The molecular formula is C12H26N2O. The summed E-state index contributed by atoms with van der Waals surface area (Å²) in [6.07, 6.45) is 2.55.